The minimum atomic E-state index is -3.23. The number of sulfone groups is 1. The first-order chi connectivity index (χ1) is 13.8. The smallest absolute Gasteiger partial charge is 0.408 e. The number of hydrogen-bond donors (Lipinski definition) is 1. The van der Waals surface area contributed by atoms with Gasteiger partial charge in [0.05, 0.1) is 17.5 Å². The van der Waals surface area contributed by atoms with Crippen molar-refractivity contribution in [1.29, 1.82) is 0 Å². The van der Waals surface area contributed by atoms with Crippen molar-refractivity contribution in [3.8, 4) is 0 Å². The van der Waals surface area contributed by atoms with Gasteiger partial charge in [0.1, 0.15) is 18.0 Å². The van der Waals surface area contributed by atoms with Crippen LogP contribution in [0.3, 0.4) is 0 Å². The Morgan fingerprint density at radius 3 is 2.67 bits per heavy atom. The zero-order valence-corrected chi connectivity index (χ0v) is 18.8. The number of carbonyl (C=O) groups is 2. The molecule has 30 heavy (non-hydrogen) atoms. The van der Waals surface area contributed by atoms with Crippen molar-refractivity contribution in [1.82, 2.24) is 5.32 Å². The highest BCUT2D eigenvalue weighted by molar-refractivity contribution is 8.16. The summed E-state index contributed by atoms with van der Waals surface area (Å²) in [4.78, 5) is 29.7. The van der Waals surface area contributed by atoms with E-state index in [9.17, 15) is 22.4 Å². The van der Waals surface area contributed by atoms with Crippen LogP contribution in [0.25, 0.3) is 0 Å². The highest BCUT2D eigenvalue weighted by Gasteiger charge is 2.49. The van der Waals surface area contributed by atoms with Gasteiger partial charge in [-0.15, -0.1) is 0 Å². The largest absolute Gasteiger partial charge is 0.444 e. The molecule has 0 unspecified atom stereocenters. The average Bonchev–Trinajstić information content (AvgIpc) is 3.05. The third-order valence-electron chi connectivity index (χ3n) is 4.50. The Hall–Kier alpha value is -2.14. The number of rotatable bonds is 3. The lowest BCUT2D eigenvalue weighted by Gasteiger charge is -2.24. The Labute approximate surface area is 179 Å². The fraction of sp³-hybridized carbons (Fsp3) is 0.526. The van der Waals surface area contributed by atoms with Gasteiger partial charge in [-0.25, -0.2) is 17.6 Å². The van der Waals surface area contributed by atoms with E-state index in [1.54, 1.807) is 44.7 Å². The number of anilines is 1. The summed E-state index contributed by atoms with van der Waals surface area (Å²) in [5.41, 5.74) is 0.189. The van der Waals surface area contributed by atoms with E-state index in [4.69, 9.17) is 4.74 Å². The maximum atomic E-state index is 14.1. The zero-order valence-electron chi connectivity index (χ0n) is 17.1. The molecule has 1 N–H and O–H groups in total. The molecular weight excluding hydrogens is 433 g/mol. The molecule has 2 atom stereocenters. The summed E-state index contributed by atoms with van der Waals surface area (Å²) in [7, 11) is -3.23. The Kier molecular flexibility index (Phi) is 6.15. The molecule has 0 spiro atoms. The number of ether oxygens (including phenoxy) is 1. The van der Waals surface area contributed by atoms with Crippen LogP contribution in [0.5, 0.6) is 0 Å². The van der Waals surface area contributed by atoms with Crippen molar-refractivity contribution in [3.63, 3.8) is 0 Å². The van der Waals surface area contributed by atoms with Crippen molar-refractivity contribution < 1.29 is 27.1 Å². The predicted molar refractivity (Wildman–Crippen MR) is 114 cm³/mol. The summed E-state index contributed by atoms with van der Waals surface area (Å²) in [6, 6.07) is 4.13. The van der Waals surface area contributed by atoms with E-state index in [2.05, 4.69) is 10.3 Å². The number of benzene rings is 1. The Balaban J connectivity index is 1.80. The van der Waals surface area contributed by atoms with Crippen LogP contribution in [0.1, 0.15) is 26.3 Å². The molecule has 2 amide bonds. The van der Waals surface area contributed by atoms with Crippen molar-refractivity contribution in [3.05, 3.63) is 29.6 Å². The molecule has 11 heteroatoms. The minimum absolute atomic E-state index is 0.0312. The Morgan fingerprint density at radius 1 is 1.33 bits per heavy atom. The van der Waals surface area contributed by atoms with Gasteiger partial charge >= 0.3 is 6.09 Å². The molecule has 0 aromatic heterocycles. The molecule has 0 radical (unpaired) electrons. The molecule has 0 saturated carbocycles. The van der Waals surface area contributed by atoms with Crippen LogP contribution in [0.2, 0.25) is 0 Å². The van der Waals surface area contributed by atoms with Gasteiger partial charge in [-0.3, -0.25) is 4.79 Å². The normalized spacial score (nSPS) is 24.0. The minimum Gasteiger partial charge on any atom is -0.444 e. The van der Waals surface area contributed by atoms with Gasteiger partial charge in [0, 0.05) is 10.9 Å². The summed E-state index contributed by atoms with van der Waals surface area (Å²) in [5, 5.41) is 2.34. The number of carbonyl (C=O) groups excluding carboxylic acids is 2. The van der Waals surface area contributed by atoms with Gasteiger partial charge in [0.25, 0.3) is 5.91 Å². The van der Waals surface area contributed by atoms with E-state index < -0.39 is 39.3 Å². The van der Waals surface area contributed by atoms with Gasteiger partial charge in [-0.05, 0) is 45.4 Å². The van der Waals surface area contributed by atoms with Crippen LogP contribution in [0.15, 0.2) is 23.2 Å². The second kappa shape index (κ2) is 8.18. The lowest BCUT2D eigenvalue weighted by atomic mass is 10.1. The molecule has 2 aliphatic rings. The second-order valence-electron chi connectivity index (χ2n) is 8.25. The van der Waals surface area contributed by atoms with Gasteiger partial charge in [-0.2, -0.15) is 4.99 Å². The maximum absolute atomic E-state index is 14.1. The van der Waals surface area contributed by atoms with E-state index in [0.29, 0.717) is 16.4 Å². The van der Waals surface area contributed by atoms with Crippen LogP contribution >= 0.6 is 11.8 Å². The lowest BCUT2D eigenvalue weighted by molar-refractivity contribution is -0.117. The maximum Gasteiger partial charge on any atom is 0.408 e. The monoisotopic (exact) mass is 457 g/mol. The number of nitrogens with zero attached hydrogens (tertiary/aromatic N) is 2. The summed E-state index contributed by atoms with van der Waals surface area (Å²) >= 11 is 1.18. The van der Waals surface area contributed by atoms with Crippen molar-refractivity contribution in [2.75, 3.05) is 23.0 Å². The van der Waals surface area contributed by atoms with Crippen LogP contribution in [0.4, 0.5) is 14.9 Å². The van der Waals surface area contributed by atoms with Gasteiger partial charge in [0.2, 0.25) is 0 Å². The second-order valence-corrected chi connectivity index (χ2v) is 11.6. The molecule has 2 fully saturated rings. The number of thioether (sulfide) groups is 1. The van der Waals surface area contributed by atoms with Crippen LogP contribution in [0, 0.1) is 12.7 Å². The molecule has 3 rings (SSSR count). The van der Waals surface area contributed by atoms with Crippen LogP contribution < -0.4 is 10.2 Å². The van der Waals surface area contributed by atoms with Crippen LogP contribution in [-0.2, 0) is 19.4 Å². The summed E-state index contributed by atoms with van der Waals surface area (Å²) in [6.07, 6.45) is -0.740. The highest BCUT2D eigenvalue weighted by Crippen LogP contribution is 2.41. The van der Waals surface area contributed by atoms with Gasteiger partial charge in [0.15, 0.2) is 15.0 Å². The standard InChI is InChI=1S/C19H24FN3O5S2/c1-11-5-6-12(7-13(11)20)23-14-9-30(26,27)10-15(14)29-17(23)22-16(24)8-21-18(25)28-19(2,3)4/h5-7,14-15H,8-10H2,1-4H3,(H,21,25)/t14-,15+/m1/s1. The molecule has 8 nitrogen and oxygen atoms in total. The van der Waals surface area contributed by atoms with Crippen molar-refractivity contribution >= 4 is 44.5 Å². The number of amidine groups is 1. The number of amides is 2. The molecular formula is C19H24FN3O5S2. The summed E-state index contributed by atoms with van der Waals surface area (Å²) in [6.45, 7) is 6.36. The number of aryl methyl sites for hydroxylation is 1. The van der Waals surface area contributed by atoms with Crippen molar-refractivity contribution in [2.45, 2.75) is 44.6 Å². The first-order valence-corrected chi connectivity index (χ1v) is 12.1. The highest BCUT2D eigenvalue weighted by atomic mass is 32.2. The van der Waals surface area contributed by atoms with E-state index in [-0.39, 0.29) is 23.3 Å². The van der Waals surface area contributed by atoms with Crippen molar-refractivity contribution in [2.24, 2.45) is 4.99 Å². The first-order valence-electron chi connectivity index (χ1n) is 9.35. The van der Waals surface area contributed by atoms with Crippen LogP contribution in [-0.4, -0.2) is 60.5 Å². The third kappa shape index (κ3) is 5.31. The average molecular weight is 458 g/mol. The SMILES string of the molecule is Cc1ccc(N2C(=NC(=O)CNC(=O)OC(C)(C)C)S[C@H]3CS(=O)(=O)C[C@H]32)cc1F. The van der Waals surface area contributed by atoms with E-state index in [1.807, 2.05) is 0 Å². The first kappa shape index (κ1) is 22.5. The zero-order chi connectivity index (χ0) is 22.3. The molecule has 0 aliphatic carbocycles. The number of halogens is 1. The Morgan fingerprint density at radius 2 is 2.03 bits per heavy atom. The third-order valence-corrected chi connectivity index (χ3v) is 7.71. The molecule has 164 valence electrons. The predicted octanol–water partition coefficient (Wildman–Crippen LogP) is 2.26. The lowest BCUT2D eigenvalue weighted by Crippen LogP contribution is -2.38. The fourth-order valence-corrected chi connectivity index (χ4v) is 7.14. The number of fused-ring (bicyclic) bond motifs is 1. The van der Waals surface area contributed by atoms with E-state index in [0.717, 1.165) is 0 Å². The molecule has 1 aromatic carbocycles. The van der Waals surface area contributed by atoms with Gasteiger partial charge < -0.3 is 15.0 Å². The topological polar surface area (TPSA) is 105 Å². The quantitative estimate of drug-likeness (QED) is 0.742. The molecule has 2 saturated heterocycles. The van der Waals surface area contributed by atoms with E-state index >= 15 is 0 Å². The molecule has 2 heterocycles. The fourth-order valence-electron chi connectivity index (χ4n) is 3.21. The van der Waals surface area contributed by atoms with E-state index in [1.165, 1.54) is 17.8 Å². The molecule has 2 aliphatic heterocycles. The number of alkyl carbamates (subject to hydrolysis) is 1. The number of hydrogen-bond acceptors (Lipinski definition) is 6. The summed E-state index contributed by atoms with van der Waals surface area (Å²) in [5.74, 6) is -1.18. The number of aliphatic imine (C=N–C) groups is 1. The van der Waals surface area contributed by atoms with Gasteiger partial charge in [-0.1, -0.05) is 17.8 Å². The molecule has 0 bridgehead atoms. The molecule has 1 aromatic rings. The number of nitrogens with one attached hydrogen (secondary N) is 1. The summed E-state index contributed by atoms with van der Waals surface area (Å²) < 4.78 is 43.4. The Bertz CT molecular complexity index is 1000.